The molecule has 0 fully saturated rings. The number of hydrogen-bond acceptors (Lipinski definition) is 4. The topological polar surface area (TPSA) is 22.1 Å². The number of benzene rings is 1. The van der Waals surface area contributed by atoms with Crippen LogP contribution in [0.3, 0.4) is 0 Å². The highest BCUT2D eigenvalue weighted by atomic mass is 35.5. The van der Waals surface area contributed by atoms with Crippen molar-refractivity contribution in [2.24, 2.45) is 0 Å². The third-order valence-corrected chi connectivity index (χ3v) is 5.02. The molecule has 108 valence electrons. The Balaban J connectivity index is 1.65. The van der Waals surface area contributed by atoms with Crippen molar-refractivity contribution < 1.29 is 4.74 Å². The standard InChI is InChI=1S/C16H14ClNOS2/c17-8-14-11-21-16(18-14)13-4-1-3-12(7-13)9-19-10-15-5-2-6-20-15/h1-7,11H,8-10H2. The Hall–Kier alpha value is -1.20. The zero-order chi connectivity index (χ0) is 14.5. The Morgan fingerprint density at radius 3 is 2.81 bits per heavy atom. The Labute approximate surface area is 137 Å². The third-order valence-electron chi connectivity index (χ3n) is 2.96. The lowest BCUT2D eigenvalue weighted by Gasteiger charge is -2.04. The summed E-state index contributed by atoms with van der Waals surface area (Å²) in [7, 11) is 0. The smallest absolute Gasteiger partial charge is 0.123 e. The van der Waals surface area contributed by atoms with Gasteiger partial charge in [0.1, 0.15) is 5.01 Å². The van der Waals surface area contributed by atoms with Gasteiger partial charge in [-0.1, -0.05) is 24.3 Å². The van der Waals surface area contributed by atoms with Gasteiger partial charge in [-0.25, -0.2) is 4.98 Å². The minimum atomic E-state index is 0.458. The lowest BCUT2D eigenvalue weighted by atomic mass is 10.1. The van der Waals surface area contributed by atoms with E-state index in [1.807, 2.05) is 17.5 Å². The van der Waals surface area contributed by atoms with E-state index in [-0.39, 0.29) is 0 Å². The van der Waals surface area contributed by atoms with Gasteiger partial charge in [0.25, 0.3) is 0 Å². The van der Waals surface area contributed by atoms with E-state index >= 15 is 0 Å². The Morgan fingerprint density at radius 2 is 2.05 bits per heavy atom. The van der Waals surface area contributed by atoms with Gasteiger partial charge in [-0.15, -0.1) is 34.3 Å². The molecule has 0 saturated carbocycles. The van der Waals surface area contributed by atoms with Crippen LogP contribution in [-0.4, -0.2) is 4.98 Å². The predicted molar refractivity (Wildman–Crippen MR) is 89.9 cm³/mol. The number of thiazole rings is 1. The average Bonchev–Trinajstić information content (AvgIpc) is 3.19. The van der Waals surface area contributed by atoms with Crippen LogP contribution in [0.15, 0.2) is 47.2 Å². The molecular weight excluding hydrogens is 322 g/mol. The van der Waals surface area contributed by atoms with E-state index in [9.17, 15) is 0 Å². The molecule has 0 N–H and O–H groups in total. The maximum atomic E-state index is 5.80. The monoisotopic (exact) mass is 335 g/mol. The van der Waals surface area contributed by atoms with Crippen LogP contribution in [0.25, 0.3) is 10.6 Å². The van der Waals surface area contributed by atoms with Crippen molar-refractivity contribution in [2.45, 2.75) is 19.1 Å². The van der Waals surface area contributed by atoms with Crippen molar-refractivity contribution in [2.75, 3.05) is 0 Å². The molecule has 0 atom stereocenters. The summed E-state index contributed by atoms with van der Waals surface area (Å²) in [5, 5.41) is 5.07. The zero-order valence-corrected chi connectivity index (χ0v) is 13.7. The number of aromatic nitrogens is 1. The van der Waals surface area contributed by atoms with Gasteiger partial charge in [0, 0.05) is 15.8 Å². The quantitative estimate of drug-likeness (QED) is 0.568. The molecule has 0 unspecified atom stereocenters. The molecule has 5 heteroatoms. The summed E-state index contributed by atoms with van der Waals surface area (Å²) >= 11 is 9.14. The van der Waals surface area contributed by atoms with Gasteiger partial charge in [0.2, 0.25) is 0 Å². The minimum absolute atomic E-state index is 0.458. The molecule has 2 aromatic heterocycles. The summed E-state index contributed by atoms with van der Waals surface area (Å²) in [6, 6.07) is 12.4. The maximum absolute atomic E-state index is 5.80. The second-order valence-electron chi connectivity index (χ2n) is 4.55. The summed E-state index contributed by atoms with van der Waals surface area (Å²) < 4.78 is 5.75. The number of ether oxygens (including phenoxy) is 1. The molecule has 0 aliphatic carbocycles. The molecule has 3 rings (SSSR count). The van der Waals surface area contributed by atoms with Gasteiger partial charge >= 0.3 is 0 Å². The summed E-state index contributed by atoms with van der Waals surface area (Å²) in [5.41, 5.74) is 3.20. The average molecular weight is 336 g/mol. The minimum Gasteiger partial charge on any atom is -0.371 e. The molecule has 21 heavy (non-hydrogen) atoms. The number of rotatable bonds is 6. The molecule has 0 bridgehead atoms. The van der Waals surface area contributed by atoms with Crippen molar-refractivity contribution in [1.29, 1.82) is 0 Å². The summed E-state index contributed by atoms with van der Waals surface area (Å²) in [5.74, 6) is 0.458. The van der Waals surface area contributed by atoms with Gasteiger partial charge in [0.15, 0.2) is 0 Å². The molecule has 0 aliphatic rings. The van der Waals surface area contributed by atoms with Gasteiger partial charge < -0.3 is 4.74 Å². The molecule has 1 aromatic carbocycles. The predicted octanol–water partition coefficient (Wildman–Crippen LogP) is 5.33. The van der Waals surface area contributed by atoms with Crippen LogP contribution in [-0.2, 0) is 23.8 Å². The van der Waals surface area contributed by atoms with Crippen LogP contribution >= 0.6 is 34.3 Å². The van der Waals surface area contributed by atoms with Crippen molar-refractivity contribution in [3.8, 4) is 10.6 Å². The van der Waals surface area contributed by atoms with Gasteiger partial charge in [-0.05, 0) is 23.1 Å². The second-order valence-corrected chi connectivity index (χ2v) is 6.71. The normalized spacial score (nSPS) is 10.9. The van der Waals surface area contributed by atoms with E-state index in [1.54, 1.807) is 22.7 Å². The molecular formula is C16H14ClNOS2. The van der Waals surface area contributed by atoms with E-state index < -0.39 is 0 Å². The Bertz CT molecular complexity index is 694. The van der Waals surface area contributed by atoms with Crippen molar-refractivity contribution >= 4 is 34.3 Å². The largest absolute Gasteiger partial charge is 0.371 e. The van der Waals surface area contributed by atoms with Crippen LogP contribution in [0.1, 0.15) is 16.1 Å². The lowest BCUT2D eigenvalue weighted by Crippen LogP contribution is -1.92. The van der Waals surface area contributed by atoms with Crippen LogP contribution in [0.2, 0.25) is 0 Å². The molecule has 0 aliphatic heterocycles. The Kier molecular flexibility index (Phi) is 5.04. The molecule has 3 aromatic rings. The van der Waals surface area contributed by atoms with E-state index in [4.69, 9.17) is 16.3 Å². The van der Waals surface area contributed by atoms with Crippen LogP contribution in [0, 0.1) is 0 Å². The van der Waals surface area contributed by atoms with Crippen LogP contribution in [0.4, 0.5) is 0 Å². The zero-order valence-electron chi connectivity index (χ0n) is 11.3. The summed E-state index contributed by atoms with van der Waals surface area (Å²) in [6.07, 6.45) is 0. The fourth-order valence-electron chi connectivity index (χ4n) is 1.96. The van der Waals surface area contributed by atoms with Crippen molar-refractivity contribution in [3.63, 3.8) is 0 Å². The number of alkyl halides is 1. The van der Waals surface area contributed by atoms with Crippen LogP contribution in [0.5, 0.6) is 0 Å². The first-order chi connectivity index (χ1) is 10.3. The first kappa shape index (κ1) is 14.7. The first-order valence-electron chi connectivity index (χ1n) is 6.55. The van der Waals surface area contributed by atoms with Gasteiger partial charge in [0.05, 0.1) is 24.8 Å². The molecule has 0 amide bonds. The molecule has 0 spiro atoms. The fraction of sp³-hybridized carbons (Fsp3) is 0.188. The van der Waals surface area contributed by atoms with E-state index in [0.29, 0.717) is 19.1 Å². The highest BCUT2D eigenvalue weighted by Crippen LogP contribution is 2.25. The SMILES string of the molecule is ClCc1csc(-c2cccc(COCc3cccs3)c2)n1. The Morgan fingerprint density at radius 1 is 1.10 bits per heavy atom. The molecule has 2 heterocycles. The van der Waals surface area contributed by atoms with Crippen LogP contribution < -0.4 is 0 Å². The lowest BCUT2D eigenvalue weighted by molar-refractivity contribution is 0.109. The van der Waals surface area contributed by atoms with Crippen molar-refractivity contribution in [1.82, 2.24) is 4.98 Å². The number of hydrogen-bond donors (Lipinski definition) is 0. The maximum Gasteiger partial charge on any atom is 0.123 e. The van der Waals surface area contributed by atoms with E-state index in [2.05, 4.69) is 34.6 Å². The van der Waals surface area contributed by atoms with E-state index in [0.717, 1.165) is 21.8 Å². The molecule has 0 radical (unpaired) electrons. The van der Waals surface area contributed by atoms with E-state index in [1.165, 1.54) is 4.88 Å². The highest BCUT2D eigenvalue weighted by molar-refractivity contribution is 7.13. The number of halogens is 1. The molecule has 2 nitrogen and oxygen atoms in total. The summed E-state index contributed by atoms with van der Waals surface area (Å²) in [6.45, 7) is 1.27. The van der Waals surface area contributed by atoms with Gasteiger partial charge in [-0.2, -0.15) is 0 Å². The van der Waals surface area contributed by atoms with Gasteiger partial charge in [-0.3, -0.25) is 0 Å². The van der Waals surface area contributed by atoms with Crippen molar-refractivity contribution in [3.05, 3.63) is 63.3 Å². The third kappa shape index (κ3) is 3.92. The fourth-order valence-corrected chi connectivity index (χ4v) is 3.64. The second kappa shape index (κ2) is 7.18. The highest BCUT2D eigenvalue weighted by Gasteiger charge is 2.05. The summed E-state index contributed by atoms with van der Waals surface area (Å²) in [4.78, 5) is 5.76. The molecule has 0 saturated heterocycles. The number of nitrogens with zero attached hydrogens (tertiary/aromatic N) is 1. The number of thiophene rings is 1. The first-order valence-corrected chi connectivity index (χ1v) is 8.84.